The van der Waals surface area contributed by atoms with Crippen molar-refractivity contribution in [1.82, 2.24) is 5.32 Å². The van der Waals surface area contributed by atoms with E-state index in [4.69, 9.17) is 0 Å². The van der Waals surface area contributed by atoms with Crippen LogP contribution < -0.4 is 5.32 Å². The smallest absolute Gasteiger partial charge is 0.0136 e. The Morgan fingerprint density at radius 3 is 2.41 bits per heavy atom. The molecule has 1 atom stereocenters. The van der Waals surface area contributed by atoms with Crippen LogP contribution in [-0.4, -0.2) is 12.6 Å². The maximum atomic E-state index is 3.69. The summed E-state index contributed by atoms with van der Waals surface area (Å²) in [5, 5.41) is 3.69. The predicted molar refractivity (Wildman–Crippen MR) is 74.3 cm³/mol. The molecule has 0 aromatic heterocycles. The van der Waals surface area contributed by atoms with Crippen molar-refractivity contribution in [3.63, 3.8) is 0 Å². The van der Waals surface area contributed by atoms with Crippen LogP contribution in [0, 0.1) is 12.8 Å². The zero-order chi connectivity index (χ0) is 12.1. The fraction of sp³-hybridized carbons (Fsp3) is 0.625. The van der Waals surface area contributed by atoms with Gasteiger partial charge in [-0.25, -0.2) is 0 Å². The van der Waals surface area contributed by atoms with E-state index in [-0.39, 0.29) is 0 Å². The molecule has 2 rings (SSSR count). The highest BCUT2D eigenvalue weighted by Gasteiger charge is 2.24. The molecule has 1 nitrogen and oxygen atoms in total. The highest BCUT2D eigenvalue weighted by molar-refractivity contribution is 5.22. The third-order valence-corrected chi connectivity index (χ3v) is 4.01. The van der Waals surface area contributed by atoms with Gasteiger partial charge in [0, 0.05) is 6.04 Å². The number of hydrogen-bond acceptors (Lipinski definition) is 1. The van der Waals surface area contributed by atoms with Crippen LogP contribution in [0.25, 0.3) is 0 Å². The van der Waals surface area contributed by atoms with Gasteiger partial charge in [0.25, 0.3) is 0 Å². The van der Waals surface area contributed by atoms with E-state index >= 15 is 0 Å². The minimum atomic E-state index is 0.685. The molecular formula is C16H25N. The first kappa shape index (κ1) is 12.6. The fourth-order valence-electron chi connectivity index (χ4n) is 3.01. The third kappa shape index (κ3) is 3.57. The normalized spacial score (nSPS) is 18.5. The van der Waals surface area contributed by atoms with Crippen LogP contribution in [0.4, 0.5) is 0 Å². The van der Waals surface area contributed by atoms with Gasteiger partial charge in [0.15, 0.2) is 0 Å². The van der Waals surface area contributed by atoms with Crippen molar-refractivity contribution < 1.29 is 0 Å². The van der Waals surface area contributed by atoms with Crippen molar-refractivity contribution in [2.24, 2.45) is 5.92 Å². The van der Waals surface area contributed by atoms with E-state index in [0.29, 0.717) is 6.04 Å². The maximum absolute atomic E-state index is 3.69. The van der Waals surface area contributed by atoms with Gasteiger partial charge < -0.3 is 5.32 Å². The molecule has 1 aliphatic rings. The number of hydrogen-bond donors (Lipinski definition) is 1. The van der Waals surface area contributed by atoms with E-state index in [1.54, 1.807) is 0 Å². The molecule has 0 heterocycles. The Morgan fingerprint density at radius 1 is 1.18 bits per heavy atom. The van der Waals surface area contributed by atoms with Gasteiger partial charge in [-0.2, -0.15) is 0 Å². The molecule has 0 spiro atoms. The zero-order valence-electron chi connectivity index (χ0n) is 11.2. The summed E-state index contributed by atoms with van der Waals surface area (Å²) < 4.78 is 0. The molecular weight excluding hydrogens is 206 g/mol. The summed E-state index contributed by atoms with van der Waals surface area (Å²) in [4.78, 5) is 0. The van der Waals surface area contributed by atoms with Crippen molar-refractivity contribution in [2.75, 3.05) is 6.54 Å². The Bertz CT molecular complexity index is 322. The van der Waals surface area contributed by atoms with E-state index in [2.05, 4.69) is 43.4 Å². The van der Waals surface area contributed by atoms with Crippen LogP contribution in [0.15, 0.2) is 24.3 Å². The molecule has 1 aromatic carbocycles. The molecule has 1 heteroatoms. The van der Waals surface area contributed by atoms with Gasteiger partial charge >= 0.3 is 0 Å². The van der Waals surface area contributed by atoms with E-state index < -0.39 is 0 Å². The molecule has 1 aliphatic carbocycles. The Morgan fingerprint density at radius 2 is 1.82 bits per heavy atom. The minimum Gasteiger partial charge on any atom is -0.314 e. The number of aryl methyl sites for hydroxylation is 1. The summed E-state index contributed by atoms with van der Waals surface area (Å²) in [5.41, 5.74) is 2.84. The first-order valence-corrected chi connectivity index (χ1v) is 7.08. The molecule has 1 aromatic rings. The number of likely N-dealkylation sites (N-methyl/N-ethyl adjacent to an activating group) is 1. The molecule has 0 bridgehead atoms. The molecule has 0 aliphatic heterocycles. The lowest BCUT2D eigenvalue weighted by Crippen LogP contribution is -2.36. The monoisotopic (exact) mass is 231 g/mol. The van der Waals surface area contributed by atoms with Crippen molar-refractivity contribution >= 4 is 0 Å². The van der Waals surface area contributed by atoms with Crippen LogP contribution in [0.2, 0.25) is 0 Å². The summed E-state index contributed by atoms with van der Waals surface area (Å²) in [6.45, 7) is 5.46. The second kappa shape index (κ2) is 6.20. The molecule has 0 saturated heterocycles. The molecule has 1 unspecified atom stereocenters. The molecule has 1 fully saturated rings. The predicted octanol–water partition coefficient (Wildman–Crippen LogP) is 3.71. The zero-order valence-corrected chi connectivity index (χ0v) is 11.2. The summed E-state index contributed by atoms with van der Waals surface area (Å²) in [6, 6.07) is 9.72. The largest absolute Gasteiger partial charge is 0.314 e. The van der Waals surface area contributed by atoms with Crippen LogP contribution in [0.3, 0.4) is 0 Å². The topological polar surface area (TPSA) is 12.0 Å². The second-order valence-electron chi connectivity index (χ2n) is 5.40. The summed E-state index contributed by atoms with van der Waals surface area (Å²) >= 11 is 0. The van der Waals surface area contributed by atoms with E-state index in [9.17, 15) is 0 Å². The summed E-state index contributed by atoms with van der Waals surface area (Å²) in [7, 11) is 0. The highest BCUT2D eigenvalue weighted by atomic mass is 14.9. The Labute approximate surface area is 106 Å². The van der Waals surface area contributed by atoms with Gasteiger partial charge in [-0.1, -0.05) is 49.6 Å². The van der Waals surface area contributed by atoms with Crippen molar-refractivity contribution in [3.05, 3.63) is 35.4 Å². The lowest BCUT2D eigenvalue weighted by atomic mass is 9.92. The summed E-state index contributed by atoms with van der Waals surface area (Å²) in [5.74, 6) is 0.899. The van der Waals surface area contributed by atoms with Crippen molar-refractivity contribution in [3.8, 4) is 0 Å². The highest BCUT2D eigenvalue weighted by Crippen LogP contribution is 2.29. The molecule has 94 valence electrons. The standard InChI is InChI=1S/C16H25N/c1-3-17-16(15-6-4-5-7-15)12-14-10-8-13(2)9-11-14/h8-11,15-17H,3-7,12H2,1-2H3. The van der Waals surface area contributed by atoms with Gasteiger partial charge in [-0.05, 0) is 44.2 Å². The molecule has 1 saturated carbocycles. The van der Waals surface area contributed by atoms with Gasteiger partial charge in [0.05, 0.1) is 0 Å². The van der Waals surface area contributed by atoms with Gasteiger partial charge in [-0.3, -0.25) is 0 Å². The minimum absolute atomic E-state index is 0.685. The third-order valence-electron chi connectivity index (χ3n) is 4.01. The first-order valence-electron chi connectivity index (χ1n) is 7.08. The average Bonchev–Trinajstić information content (AvgIpc) is 2.85. The fourth-order valence-corrected chi connectivity index (χ4v) is 3.01. The summed E-state index contributed by atoms with van der Waals surface area (Å²) in [6.07, 6.45) is 6.90. The Balaban J connectivity index is 1.98. The second-order valence-corrected chi connectivity index (χ2v) is 5.40. The Kier molecular flexibility index (Phi) is 4.61. The van der Waals surface area contributed by atoms with Gasteiger partial charge in [-0.15, -0.1) is 0 Å². The van der Waals surface area contributed by atoms with E-state index in [0.717, 1.165) is 12.5 Å². The number of rotatable bonds is 5. The van der Waals surface area contributed by atoms with E-state index in [1.807, 2.05) is 0 Å². The van der Waals surface area contributed by atoms with Gasteiger partial charge in [0.1, 0.15) is 0 Å². The lowest BCUT2D eigenvalue weighted by molar-refractivity contribution is 0.362. The van der Waals surface area contributed by atoms with Crippen LogP contribution in [0.5, 0.6) is 0 Å². The van der Waals surface area contributed by atoms with Crippen LogP contribution in [-0.2, 0) is 6.42 Å². The lowest BCUT2D eigenvalue weighted by Gasteiger charge is -2.24. The Hall–Kier alpha value is -0.820. The molecule has 17 heavy (non-hydrogen) atoms. The number of benzene rings is 1. The van der Waals surface area contributed by atoms with E-state index in [1.165, 1.54) is 43.2 Å². The molecule has 0 amide bonds. The SMILES string of the molecule is CCNC(Cc1ccc(C)cc1)C1CCCC1. The maximum Gasteiger partial charge on any atom is 0.0136 e. The quantitative estimate of drug-likeness (QED) is 0.814. The first-order chi connectivity index (χ1) is 8.29. The van der Waals surface area contributed by atoms with Crippen molar-refractivity contribution in [1.29, 1.82) is 0 Å². The molecule has 1 N–H and O–H groups in total. The molecule has 0 radical (unpaired) electrons. The number of nitrogens with one attached hydrogen (secondary N) is 1. The van der Waals surface area contributed by atoms with Crippen LogP contribution >= 0.6 is 0 Å². The van der Waals surface area contributed by atoms with Gasteiger partial charge in [0.2, 0.25) is 0 Å². The van der Waals surface area contributed by atoms with Crippen molar-refractivity contribution in [2.45, 2.75) is 52.0 Å². The average molecular weight is 231 g/mol. The van der Waals surface area contributed by atoms with Crippen LogP contribution in [0.1, 0.15) is 43.7 Å².